The number of morpholine rings is 1. The quantitative estimate of drug-likeness (QED) is 0.820. The smallest absolute Gasteiger partial charge is 0.261 e. The van der Waals surface area contributed by atoms with Gasteiger partial charge in [0, 0.05) is 31.3 Å². The third-order valence-electron chi connectivity index (χ3n) is 5.15. The number of hydrogen-bond acceptors (Lipinski definition) is 4. The molecule has 3 rings (SSSR count). The number of amides is 2. The fourth-order valence-corrected chi connectivity index (χ4v) is 3.40. The van der Waals surface area contributed by atoms with Crippen molar-refractivity contribution in [2.75, 3.05) is 37.8 Å². The second-order valence-corrected chi connectivity index (χ2v) is 6.88. The Bertz CT molecular complexity index is 648. The van der Waals surface area contributed by atoms with Crippen molar-refractivity contribution in [3.8, 4) is 5.75 Å². The zero-order valence-corrected chi connectivity index (χ0v) is 15.0. The third kappa shape index (κ3) is 3.79. The van der Waals surface area contributed by atoms with E-state index in [-0.39, 0.29) is 24.0 Å². The monoisotopic (exact) mass is 346 g/mol. The van der Waals surface area contributed by atoms with Crippen molar-refractivity contribution in [2.24, 2.45) is 0 Å². The highest BCUT2D eigenvalue weighted by Crippen LogP contribution is 2.26. The number of carbonyl (C=O) groups excluding carboxylic acids is 2. The van der Waals surface area contributed by atoms with Gasteiger partial charge in [0.2, 0.25) is 5.91 Å². The molecule has 2 aliphatic rings. The summed E-state index contributed by atoms with van der Waals surface area (Å²) in [6.45, 7) is 6.55. The number of rotatable bonds is 5. The fraction of sp³-hybridized carbons (Fsp3) is 0.579. The molecule has 0 radical (unpaired) electrons. The molecule has 0 aliphatic carbocycles. The Labute approximate surface area is 148 Å². The summed E-state index contributed by atoms with van der Waals surface area (Å²) in [5, 5.41) is 0. The molecule has 2 aliphatic heterocycles. The lowest BCUT2D eigenvalue weighted by atomic mass is 9.96. The number of nitrogens with zero attached hydrogens (tertiary/aromatic N) is 2. The van der Waals surface area contributed by atoms with Gasteiger partial charge in [-0.25, -0.2) is 0 Å². The first-order valence-corrected chi connectivity index (χ1v) is 8.95. The van der Waals surface area contributed by atoms with Crippen molar-refractivity contribution in [2.45, 2.75) is 38.6 Å². The van der Waals surface area contributed by atoms with Crippen LogP contribution in [0.2, 0.25) is 0 Å². The zero-order valence-electron chi connectivity index (χ0n) is 15.0. The van der Waals surface area contributed by atoms with Crippen molar-refractivity contribution in [3.63, 3.8) is 0 Å². The van der Waals surface area contributed by atoms with Crippen LogP contribution in [0.1, 0.15) is 33.1 Å². The molecule has 1 unspecified atom stereocenters. The van der Waals surface area contributed by atoms with Gasteiger partial charge in [-0.3, -0.25) is 9.59 Å². The van der Waals surface area contributed by atoms with Crippen molar-refractivity contribution < 1.29 is 19.1 Å². The number of ether oxygens (including phenoxy) is 2. The van der Waals surface area contributed by atoms with Gasteiger partial charge in [-0.1, -0.05) is 13.0 Å². The lowest BCUT2D eigenvalue weighted by Crippen LogP contribution is -2.58. The topological polar surface area (TPSA) is 59.1 Å². The third-order valence-corrected chi connectivity index (χ3v) is 5.15. The van der Waals surface area contributed by atoms with Crippen LogP contribution in [-0.4, -0.2) is 55.2 Å². The predicted molar refractivity (Wildman–Crippen MR) is 94.8 cm³/mol. The molecule has 1 atom stereocenters. The molecule has 1 aromatic carbocycles. The van der Waals surface area contributed by atoms with Crippen LogP contribution in [0.5, 0.6) is 5.75 Å². The van der Waals surface area contributed by atoms with E-state index in [0.29, 0.717) is 31.9 Å². The van der Waals surface area contributed by atoms with Crippen LogP contribution in [0.3, 0.4) is 0 Å². The Morgan fingerprint density at radius 1 is 1.36 bits per heavy atom. The van der Waals surface area contributed by atoms with E-state index >= 15 is 0 Å². The van der Waals surface area contributed by atoms with E-state index in [1.165, 1.54) is 0 Å². The minimum Gasteiger partial charge on any atom is -0.484 e. The van der Waals surface area contributed by atoms with Crippen molar-refractivity contribution in [1.82, 2.24) is 4.90 Å². The summed E-state index contributed by atoms with van der Waals surface area (Å²) in [6.07, 6.45) is 2.32. The molecule has 0 spiro atoms. The Balaban J connectivity index is 1.63. The van der Waals surface area contributed by atoms with Gasteiger partial charge < -0.3 is 19.3 Å². The van der Waals surface area contributed by atoms with E-state index < -0.39 is 0 Å². The highest BCUT2D eigenvalue weighted by molar-refractivity contribution is 5.95. The molecule has 1 aromatic rings. The molecule has 6 heteroatoms. The minimum absolute atomic E-state index is 0.00695. The van der Waals surface area contributed by atoms with Gasteiger partial charge in [0.15, 0.2) is 6.61 Å². The summed E-state index contributed by atoms with van der Waals surface area (Å²) in [5.74, 6) is 0.715. The summed E-state index contributed by atoms with van der Waals surface area (Å²) in [5.41, 5.74) is 0.555. The van der Waals surface area contributed by atoms with Gasteiger partial charge in [0.05, 0.1) is 18.8 Å². The summed E-state index contributed by atoms with van der Waals surface area (Å²) < 4.78 is 11.3. The Kier molecular flexibility index (Phi) is 5.27. The fourth-order valence-electron chi connectivity index (χ4n) is 3.40. The van der Waals surface area contributed by atoms with Crippen molar-refractivity contribution >= 4 is 17.5 Å². The molecule has 0 aromatic heterocycles. The maximum absolute atomic E-state index is 12.6. The highest BCUT2D eigenvalue weighted by atomic mass is 16.5. The van der Waals surface area contributed by atoms with E-state index in [9.17, 15) is 9.59 Å². The van der Waals surface area contributed by atoms with Gasteiger partial charge in [-0.15, -0.1) is 0 Å². The molecular weight excluding hydrogens is 320 g/mol. The second-order valence-electron chi connectivity index (χ2n) is 6.88. The van der Waals surface area contributed by atoms with E-state index in [2.05, 4.69) is 6.92 Å². The predicted octanol–water partition coefficient (Wildman–Crippen LogP) is 2.22. The Hall–Kier alpha value is -2.08. The number of benzene rings is 1. The second kappa shape index (κ2) is 7.44. The van der Waals surface area contributed by atoms with Gasteiger partial charge in [0.25, 0.3) is 5.91 Å². The summed E-state index contributed by atoms with van der Waals surface area (Å²) in [7, 11) is 0. The van der Waals surface area contributed by atoms with Crippen molar-refractivity contribution in [1.29, 1.82) is 0 Å². The Morgan fingerprint density at radius 3 is 2.92 bits per heavy atom. The van der Waals surface area contributed by atoms with Crippen LogP contribution in [0.15, 0.2) is 24.3 Å². The van der Waals surface area contributed by atoms with Crippen LogP contribution in [0, 0.1) is 0 Å². The first-order chi connectivity index (χ1) is 12.0. The summed E-state index contributed by atoms with van der Waals surface area (Å²) in [6, 6.07) is 7.39. The first-order valence-electron chi connectivity index (χ1n) is 8.95. The molecule has 2 fully saturated rings. The van der Waals surface area contributed by atoms with E-state index in [0.717, 1.165) is 25.1 Å². The molecule has 136 valence electrons. The SMILES string of the molecule is CCC1(C)COCCN1C(=O)COc1cccc(N2CCCC2=O)c1. The molecule has 0 bridgehead atoms. The van der Waals surface area contributed by atoms with Gasteiger partial charge in [-0.05, 0) is 31.9 Å². The number of hydrogen-bond donors (Lipinski definition) is 0. The standard InChI is InChI=1S/C19H26N2O4/c1-3-19(2)14-24-11-10-21(19)18(23)13-25-16-7-4-6-15(12-16)20-9-5-8-17(20)22/h4,6-7,12H,3,5,8-11,13-14H2,1-2H3. The average Bonchev–Trinajstić information content (AvgIpc) is 3.06. The zero-order chi connectivity index (χ0) is 17.9. The van der Waals surface area contributed by atoms with E-state index in [1.807, 2.05) is 36.1 Å². The normalized spacial score (nSPS) is 23.8. The lowest BCUT2D eigenvalue weighted by Gasteiger charge is -2.44. The van der Waals surface area contributed by atoms with Gasteiger partial charge >= 0.3 is 0 Å². The number of carbonyl (C=O) groups is 2. The van der Waals surface area contributed by atoms with Crippen LogP contribution in [0.4, 0.5) is 5.69 Å². The molecule has 0 saturated carbocycles. The van der Waals surface area contributed by atoms with Crippen LogP contribution in [0.25, 0.3) is 0 Å². The molecule has 6 nitrogen and oxygen atoms in total. The molecule has 25 heavy (non-hydrogen) atoms. The highest BCUT2D eigenvalue weighted by Gasteiger charge is 2.36. The minimum atomic E-state index is -0.275. The summed E-state index contributed by atoms with van der Waals surface area (Å²) in [4.78, 5) is 28.1. The first kappa shape index (κ1) is 17.7. The van der Waals surface area contributed by atoms with Crippen molar-refractivity contribution in [3.05, 3.63) is 24.3 Å². The van der Waals surface area contributed by atoms with Crippen LogP contribution >= 0.6 is 0 Å². The summed E-state index contributed by atoms with van der Waals surface area (Å²) >= 11 is 0. The lowest BCUT2D eigenvalue weighted by molar-refractivity contribution is -0.150. The molecular formula is C19H26N2O4. The maximum Gasteiger partial charge on any atom is 0.261 e. The average molecular weight is 346 g/mol. The largest absolute Gasteiger partial charge is 0.484 e. The van der Waals surface area contributed by atoms with Gasteiger partial charge in [-0.2, -0.15) is 0 Å². The molecule has 0 N–H and O–H groups in total. The maximum atomic E-state index is 12.6. The van der Waals surface area contributed by atoms with Crippen LogP contribution in [-0.2, 0) is 14.3 Å². The number of anilines is 1. The van der Waals surface area contributed by atoms with E-state index in [4.69, 9.17) is 9.47 Å². The van der Waals surface area contributed by atoms with Gasteiger partial charge in [0.1, 0.15) is 5.75 Å². The van der Waals surface area contributed by atoms with Crippen LogP contribution < -0.4 is 9.64 Å². The molecule has 2 saturated heterocycles. The van der Waals surface area contributed by atoms with E-state index in [1.54, 1.807) is 4.90 Å². The Morgan fingerprint density at radius 2 is 2.20 bits per heavy atom. The molecule has 2 amide bonds. The molecule has 2 heterocycles.